The molecule has 0 N–H and O–H groups in total. The fourth-order valence-electron chi connectivity index (χ4n) is 3.24. The quantitative estimate of drug-likeness (QED) is 0.572. The summed E-state index contributed by atoms with van der Waals surface area (Å²) in [7, 11) is 1.62. The van der Waals surface area contributed by atoms with Crippen LogP contribution in [0.5, 0.6) is 0 Å². The van der Waals surface area contributed by atoms with Gasteiger partial charge in [-0.3, -0.25) is 9.48 Å². The van der Waals surface area contributed by atoms with Gasteiger partial charge >= 0.3 is 5.97 Å². The van der Waals surface area contributed by atoms with E-state index in [-0.39, 0.29) is 17.9 Å². The summed E-state index contributed by atoms with van der Waals surface area (Å²) < 4.78 is 13.5. The lowest BCUT2D eigenvalue weighted by molar-refractivity contribution is 0.0295. The third-order valence-corrected chi connectivity index (χ3v) is 4.60. The number of esters is 1. The van der Waals surface area contributed by atoms with E-state index in [1.807, 2.05) is 5.01 Å². The van der Waals surface area contributed by atoms with Gasteiger partial charge in [0.1, 0.15) is 17.6 Å². The lowest BCUT2D eigenvalue weighted by atomic mass is 10.2. The number of morpholine rings is 1. The molecule has 0 unspecified atom stereocenters. The standard InChI is InChI=1S/C18H21N7O4/c1-3-29-18(27)14-10-20-22(2)16(14)17(26)25(23-6-8-28-9-7-23)13-4-5-15-19-12-21-24(15)11-13/h4-5,10-12H,3,6-9H2,1-2H3. The number of carbonyl (C=O) groups is 2. The molecule has 0 aromatic carbocycles. The Morgan fingerprint density at radius 2 is 2.03 bits per heavy atom. The van der Waals surface area contributed by atoms with Crippen molar-refractivity contribution in [1.82, 2.24) is 29.4 Å². The Morgan fingerprint density at radius 3 is 2.79 bits per heavy atom. The fraction of sp³-hybridized carbons (Fsp3) is 0.389. The Bertz CT molecular complexity index is 1040. The van der Waals surface area contributed by atoms with Crippen LogP contribution in [0.2, 0.25) is 0 Å². The second-order valence-corrected chi connectivity index (χ2v) is 6.38. The first-order valence-corrected chi connectivity index (χ1v) is 9.25. The molecule has 4 rings (SSSR count). The van der Waals surface area contributed by atoms with Crippen molar-refractivity contribution in [3.8, 4) is 0 Å². The van der Waals surface area contributed by atoms with Crippen molar-refractivity contribution in [2.45, 2.75) is 6.92 Å². The van der Waals surface area contributed by atoms with E-state index in [0.29, 0.717) is 37.6 Å². The number of aryl methyl sites for hydroxylation is 1. The Labute approximate surface area is 166 Å². The van der Waals surface area contributed by atoms with Gasteiger partial charge in [-0.15, -0.1) is 0 Å². The van der Waals surface area contributed by atoms with Gasteiger partial charge in [-0.25, -0.2) is 24.3 Å². The molecule has 1 aliphatic rings. The summed E-state index contributed by atoms with van der Waals surface area (Å²) >= 11 is 0. The molecule has 0 saturated carbocycles. The molecule has 1 amide bonds. The lowest BCUT2D eigenvalue weighted by Crippen LogP contribution is -2.52. The maximum absolute atomic E-state index is 13.7. The molecule has 1 aliphatic heterocycles. The van der Waals surface area contributed by atoms with E-state index < -0.39 is 11.9 Å². The monoisotopic (exact) mass is 399 g/mol. The highest BCUT2D eigenvalue weighted by Gasteiger charge is 2.32. The molecule has 0 spiro atoms. The van der Waals surface area contributed by atoms with Crippen LogP contribution in [-0.2, 0) is 16.5 Å². The summed E-state index contributed by atoms with van der Waals surface area (Å²) in [6.07, 6.45) is 4.51. The van der Waals surface area contributed by atoms with Crippen molar-refractivity contribution >= 4 is 23.2 Å². The topological polar surface area (TPSA) is 107 Å². The van der Waals surface area contributed by atoms with Crippen molar-refractivity contribution in [2.75, 3.05) is 37.9 Å². The maximum Gasteiger partial charge on any atom is 0.342 e. The number of anilines is 1. The van der Waals surface area contributed by atoms with Crippen molar-refractivity contribution in [1.29, 1.82) is 0 Å². The Morgan fingerprint density at radius 1 is 1.24 bits per heavy atom. The van der Waals surface area contributed by atoms with Crippen LogP contribution in [0.15, 0.2) is 30.9 Å². The van der Waals surface area contributed by atoms with Crippen LogP contribution in [-0.4, -0.2) is 74.2 Å². The van der Waals surface area contributed by atoms with Crippen LogP contribution < -0.4 is 5.01 Å². The van der Waals surface area contributed by atoms with Gasteiger partial charge in [0.2, 0.25) is 0 Å². The highest BCUT2D eigenvalue weighted by molar-refractivity contribution is 6.10. The van der Waals surface area contributed by atoms with E-state index in [2.05, 4.69) is 15.2 Å². The third kappa shape index (κ3) is 3.57. The van der Waals surface area contributed by atoms with E-state index in [4.69, 9.17) is 9.47 Å². The summed E-state index contributed by atoms with van der Waals surface area (Å²) in [5.74, 6) is -0.980. The minimum atomic E-state index is -0.586. The number of carbonyl (C=O) groups excluding carboxylic acids is 2. The zero-order valence-electron chi connectivity index (χ0n) is 16.2. The first-order valence-electron chi connectivity index (χ1n) is 9.25. The van der Waals surface area contributed by atoms with E-state index in [0.717, 1.165) is 0 Å². The van der Waals surface area contributed by atoms with Crippen LogP contribution in [0.4, 0.5) is 5.69 Å². The van der Waals surface area contributed by atoms with Crippen LogP contribution >= 0.6 is 0 Å². The van der Waals surface area contributed by atoms with Gasteiger partial charge in [-0.2, -0.15) is 10.2 Å². The van der Waals surface area contributed by atoms with Crippen LogP contribution in [0.3, 0.4) is 0 Å². The fourth-order valence-corrected chi connectivity index (χ4v) is 3.24. The van der Waals surface area contributed by atoms with E-state index >= 15 is 0 Å². The Balaban J connectivity index is 1.78. The van der Waals surface area contributed by atoms with Crippen LogP contribution in [0, 0.1) is 0 Å². The summed E-state index contributed by atoms with van der Waals surface area (Å²) in [6, 6.07) is 3.57. The summed E-state index contributed by atoms with van der Waals surface area (Å²) in [5, 5.41) is 11.7. The lowest BCUT2D eigenvalue weighted by Gasteiger charge is -2.37. The first kappa shape index (κ1) is 19.0. The van der Waals surface area contributed by atoms with Crippen molar-refractivity contribution in [3.63, 3.8) is 0 Å². The molecule has 0 bridgehead atoms. The molecule has 4 heterocycles. The van der Waals surface area contributed by atoms with Gasteiger partial charge in [0, 0.05) is 20.1 Å². The molecular weight excluding hydrogens is 378 g/mol. The molecule has 1 saturated heterocycles. The highest BCUT2D eigenvalue weighted by Crippen LogP contribution is 2.23. The number of amides is 1. The summed E-state index contributed by atoms with van der Waals surface area (Å²) in [6.45, 7) is 3.94. The molecule has 3 aromatic heterocycles. The zero-order chi connectivity index (χ0) is 20.4. The zero-order valence-corrected chi connectivity index (χ0v) is 16.2. The van der Waals surface area contributed by atoms with Gasteiger partial charge in [0.25, 0.3) is 5.91 Å². The van der Waals surface area contributed by atoms with Gasteiger partial charge < -0.3 is 9.47 Å². The minimum absolute atomic E-state index is 0.124. The molecule has 0 atom stereocenters. The normalized spacial score (nSPS) is 14.8. The molecule has 0 radical (unpaired) electrons. The molecular formula is C18H21N7O4. The average Bonchev–Trinajstić information content (AvgIpc) is 3.35. The highest BCUT2D eigenvalue weighted by atomic mass is 16.5. The molecule has 29 heavy (non-hydrogen) atoms. The first-order chi connectivity index (χ1) is 14.1. The number of rotatable bonds is 5. The maximum atomic E-state index is 13.7. The van der Waals surface area contributed by atoms with Gasteiger partial charge in [0.05, 0.1) is 37.9 Å². The van der Waals surface area contributed by atoms with Crippen molar-refractivity contribution in [2.24, 2.45) is 7.05 Å². The van der Waals surface area contributed by atoms with Crippen LogP contribution in [0.1, 0.15) is 27.8 Å². The van der Waals surface area contributed by atoms with Gasteiger partial charge in [0.15, 0.2) is 5.65 Å². The second kappa shape index (κ2) is 7.97. The number of pyridine rings is 1. The van der Waals surface area contributed by atoms with E-state index in [1.54, 1.807) is 36.8 Å². The smallest absolute Gasteiger partial charge is 0.342 e. The number of hydrogen-bond acceptors (Lipinski definition) is 8. The molecule has 1 fully saturated rings. The number of hydrazine groups is 1. The Hall–Kier alpha value is -3.31. The van der Waals surface area contributed by atoms with E-state index in [1.165, 1.54) is 22.2 Å². The van der Waals surface area contributed by atoms with Crippen molar-refractivity contribution in [3.05, 3.63) is 42.1 Å². The third-order valence-electron chi connectivity index (χ3n) is 4.60. The predicted molar refractivity (Wildman–Crippen MR) is 101 cm³/mol. The van der Waals surface area contributed by atoms with Gasteiger partial charge in [-0.1, -0.05) is 0 Å². The number of fused-ring (bicyclic) bond motifs is 1. The molecule has 3 aromatic rings. The number of nitrogens with zero attached hydrogens (tertiary/aromatic N) is 7. The summed E-state index contributed by atoms with van der Waals surface area (Å²) in [4.78, 5) is 30.2. The predicted octanol–water partition coefficient (Wildman–Crippen LogP) is 0.533. The van der Waals surface area contributed by atoms with Gasteiger partial charge in [-0.05, 0) is 19.1 Å². The molecule has 11 nitrogen and oxygen atoms in total. The number of aromatic nitrogens is 5. The average molecular weight is 399 g/mol. The number of ether oxygens (including phenoxy) is 2. The second-order valence-electron chi connectivity index (χ2n) is 6.38. The largest absolute Gasteiger partial charge is 0.462 e. The number of hydrogen-bond donors (Lipinski definition) is 0. The summed E-state index contributed by atoms with van der Waals surface area (Å²) in [5.41, 5.74) is 1.52. The molecule has 152 valence electrons. The SMILES string of the molecule is CCOC(=O)c1cnn(C)c1C(=O)N(c1ccc2ncnn2c1)N1CCOCC1. The molecule has 0 aliphatic carbocycles. The minimum Gasteiger partial charge on any atom is -0.462 e. The Kier molecular flexibility index (Phi) is 5.23. The van der Waals surface area contributed by atoms with E-state index in [9.17, 15) is 9.59 Å². The molecule has 11 heteroatoms. The van der Waals surface area contributed by atoms with Crippen LogP contribution in [0.25, 0.3) is 5.65 Å². The van der Waals surface area contributed by atoms with Crippen molar-refractivity contribution < 1.29 is 19.1 Å².